The number of nitrogens with zero attached hydrogens (tertiary/aromatic N) is 2. The van der Waals surface area contributed by atoms with E-state index >= 15 is 0 Å². The number of hydrogen-bond acceptors (Lipinski definition) is 4. The molecule has 0 aliphatic rings. The number of thiocarbonyl (C=S) groups is 1. The Hall–Kier alpha value is -2.01. The van der Waals surface area contributed by atoms with Gasteiger partial charge in [-0.1, -0.05) is 42.5 Å². The molecule has 2 rings (SSSR count). The van der Waals surface area contributed by atoms with E-state index in [1.54, 1.807) is 0 Å². The van der Waals surface area contributed by atoms with E-state index in [4.69, 9.17) is 22.7 Å². The summed E-state index contributed by atoms with van der Waals surface area (Å²) in [6, 6.07) is 9.84. The Labute approximate surface area is 104 Å². The van der Waals surface area contributed by atoms with Crippen LogP contribution in [-0.2, 0) is 6.61 Å². The van der Waals surface area contributed by atoms with E-state index < -0.39 is 0 Å². The van der Waals surface area contributed by atoms with Gasteiger partial charge in [0.25, 0.3) is 0 Å². The van der Waals surface area contributed by atoms with Gasteiger partial charge >= 0.3 is 0 Å². The van der Waals surface area contributed by atoms with Crippen LogP contribution >= 0.6 is 12.2 Å². The summed E-state index contributed by atoms with van der Waals surface area (Å²) in [4.78, 5) is 8.33. The first kappa shape index (κ1) is 11.5. The summed E-state index contributed by atoms with van der Waals surface area (Å²) < 4.78 is 5.47. The van der Waals surface area contributed by atoms with Crippen molar-refractivity contribution in [2.75, 3.05) is 0 Å². The second-order valence-electron chi connectivity index (χ2n) is 3.38. The Morgan fingerprint density at radius 1 is 1.18 bits per heavy atom. The van der Waals surface area contributed by atoms with E-state index in [0.717, 1.165) is 5.56 Å². The van der Waals surface area contributed by atoms with Gasteiger partial charge in [0.1, 0.15) is 17.3 Å². The van der Waals surface area contributed by atoms with Crippen molar-refractivity contribution in [3.63, 3.8) is 0 Å². The largest absolute Gasteiger partial charge is 0.472 e. The maximum absolute atomic E-state index is 5.47. The van der Waals surface area contributed by atoms with Crippen LogP contribution in [0.25, 0.3) is 0 Å². The summed E-state index contributed by atoms with van der Waals surface area (Å²) >= 11 is 4.78. The van der Waals surface area contributed by atoms with Crippen molar-refractivity contribution in [1.29, 1.82) is 0 Å². The van der Waals surface area contributed by atoms with Crippen molar-refractivity contribution in [1.82, 2.24) is 9.97 Å². The predicted octanol–water partition coefficient (Wildman–Crippen LogP) is 1.69. The van der Waals surface area contributed by atoms with Gasteiger partial charge in [0.2, 0.25) is 5.88 Å². The molecule has 0 bridgehead atoms. The van der Waals surface area contributed by atoms with Crippen LogP contribution in [0.15, 0.2) is 42.7 Å². The summed E-state index contributed by atoms with van der Waals surface area (Å²) in [7, 11) is 0. The lowest BCUT2D eigenvalue weighted by Gasteiger charge is -2.05. The standard InChI is InChI=1S/C12H11N3OS/c13-12(17)10-6-15-11(7-14-10)16-8-9-4-2-1-3-5-9/h1-7H,8H2,(H2,13,17). The average Bonchev–Trinajstić information content (AvgIpc) is 2.38. The first-order valence-electron chi connectivity index (χ1n) is 5.04. The highest BCUT2D eigenvalue weighted by molar-refractivity contribution is 7.80. The highest BCUT2D eigenvalue weighted by Gasteiger charge is 2.00. The average molecular weight is 245 g/mol. The molecule has 0 aliphatic carbocycles. The van der Waals surface area contributed by atoms with Crippen LogP contribution in [0, 0.1) is 0 Å². The Morgan fingerprint density at radius 3 is 2.53 bits per heavy atom. The summed E-state index contributed by atoms with van der Waals surface area (Å²) in [6.45, 7) is 0.460. The van der Waals surface area contributed by atoms with Crippen LogP contribution in [-0.4, -0.2) is 15.0 Å². The first-order valence-corrected chi connectivity index (χ1v) is 5.45. The van der Waals surface area contributed by atoms with Gasteiger partial charge < -0.3 is 10.5 Å². The molecule has 0 saturated heterocycles. The molecule has 4 nitrogen and oxygen atoms in total. The molecule has 2 aromatic rings. The first-order chi connectivity index (χ1) is 8.25. The fourth-order valence-corrected chi connectivity index (χ4v) is 1.35. The van der Waals surface area contributed by atoms with Gasteiger partial charge in [0.15, 0.2) is 0 Å². The number of nitrogens with two attached hydrogens (primary N) is 1. The van der Waals surface area contributed by atoms with Crippen molar-refractivity contribution in [2.24, 2.45) is 5.73 Å². The molecule has 0 spiro atoms. The zero-order chi connectivity index (χ0) is 12.1. The minimum absolute atomic E-state index is 0.229. The van der Waals surface area contributed by atoms with E-state index in [1.165, 1.54) is 12.4 Å². The summed E-state index contributed by atoms with van der Waals surface area (Å²) in [5.74, 6) is 0.453. The third-order valence-electron chi connectivity index (χ3n) is 2.11. The number of benzene rings is 1. The van der Waals surface area contributed by atoms with Crippen LogP contribution in [0.2, 0.25) is 0 Å². The summed E-state index contributed by atoms with van der Waals surface area (Å²) in [5, 5.41) is 0. The summed E-state index contributed by atoms with van der Waals surface area (Å²) in [6.07, 6.45) is 3.01. The van der Waals surface area contributed by atoms with Gasteiger partial charge in [-0.25, -0.2) is 9.97 Å². The third kappa shape index (κ3) is 3.22. The zero-order valence-corrected chi connectivity index (χ0v) is 9.85. The third-order valence-corrected chi connectivity index (χ3v) is 2.32. The molecule has 0 saturated carbocycles. The molecule has 2 N–H and O–H groups in total. The second-order valence-corrected chi connectivity index (χ2v) is 3.82. The maximum Gasteiger partial charge on any atom is 0.232 e. The van der Waals surface area contributed by atoms with Gasteiger partial charge in [-0.05, 0) is 5.56 Å². The van der Waals surface area contributed by atoms with Gasteiger partial charge in [-0.2, -0.15) is 0 Å². The summed E-state index contributed by atoms with van der Waals surface area (Å²) in [5.41, 5.74) is 6.99. The minimum Gasteiger partial charge on any atom is -0.472 e. The van der Waals surface area contributed by atoms with Crippen molar-refractivity contribution in [2.45, 2.75) is 6.61 Å². The molecule has 1 aromatic carbocycles. The van der Waals surface area contributed by atoms with Crippen molar-refractivity contribution in [3.05, 3.63) is 54.0 Å². The van der Waals surface area contributed by atoms with Crippen molar-refractivity contribution in [3.8, 4) is 5.88 Å². The second kappa shape index (κ2) is 5.36. The molecule has 17 heavy (non-hydrogen) atoms. The lowest BCUT2D eigenvalue weighted by Crippen LogP contribution is -2.12. The number of hydrogen-bond donors (Lipinski definition) is 1. The van der Waals surface area contributed by atoms with E-state index in [9.17, 15) is 0 Å². The molecule has 0 aliphatic heterocycles. The predicted molar refractivity (Wildman–Crippen MR) is 68.7 cm³/mol. The number of rotatable bonds is 4. The molecule has 0 amide bonds. The van der Waals surface area contributed by atoms with E-state index in [1.807, 2.05) is 30.3 Å². The molecule has 86 valence electrons. The molecular weight excluding hydrogens is 234 g/mol. The van der Waals surface area contributed by atoms with Crippen molar-refractivity contribution < 1.29 is 4.74 Å². The molecule has 0 atom stereocenters. The normalized spacial score (nSPS) is 9.88. The van der Waals surface area contributed by atoms with Gasteiger partial charge in [-0.15, -0.1) is 0 Å². The van der Waals surface area contributed by atoms with E-state index in [0.29, 0.717) is 18.2 Å². The molecular formula is C12H11N3OS. The van der Waals surface area contributed by atoms with Crippen LogP contribution in [0.3, 0.4) is 0 Å². The van der Waals surface area contributed by atoms with Crippen LogP contribution < -0.4 is 10.5 Å². The Balaban J connectivity index is 1.98. The van der Waals surface area contributed by atoms with Gasteiger partial charge in [0.05, 0.1) is 12.4 Å². The Bertz CT molecular complexity index is 499. The van der Waals surface area contributed by atoms with Gasteiger partial charge in [0, 0.05) is 0 Å². The fourth-order valence-electron chi connectivity index (χ4n) is 1.25. The van der Waals surface area contributed by atoms with Crippen LogP contribution in [0.1, 0.15) is 11.3 Å². The van der Waals surface area contributed by atoms with E-state index in [-0.39, 0.29) is 4.99 Å². The smallest absolute Gasteiger partial charge is 0.232 e. The highest BCUT2D eigenvalue weighted by atomic mass is 32.1. The fraction of sp³-hybridized carbons (Fsp3) is 0.0833. The highest BCUT2D eigenvalue weighted by Crippen LogP contribution is 2.07. The minimum atomic E-state index is 0.229. The molecule has 0 radical (unpaired) electrons. The number of aromatic nitrogens is 2. The van der Waals surface area contributed by atoms with Crippen molar-refractivity contribution >= 4 is 17.2 Å². The monoisotopic (exact) mass is 245 g/mol. The molecule has 1 heterocycles. The topological polar surface area (TPSA) is 61.0 Å². The Morgan fingerprint density at radius 2 is 1.94 bits per heavy atom. The number of ether oxygens (including phenoxy) is 1. The lowest BCUT2D eigenvalue weighted by atomic mass is 10.2. The van der Waals surface area contributed by atoms with Gasteiger partial charge in [-0.3, -0.25) is 0 Å². The molecule has 1 aromatic heterocycles. The van der Waals surface area contributed by atoms with E-state index in [2.05, 4.69) is 9.97 Å². The quantitative estimate of drug-likeness (QED) is 0.831. The molecule has 0 unspecified atom stereocenters. The molecule has 0 fully saturated rings. The zero-order valence-electron chi connectivity index (χ0n) is 9.04. The molecule has 5 heteroatoms. The van der Waals surface area contributed by atoms with Crippen LogP contribution in [0.4, 0.5) is 0 Å². The van der Waals surface area contributed by atoms with Crippen LogP contribution in [0.5, 0.6) is 5.88 Å². The SMILES string of the molecule is NC(=S)c1cnc(OCc2ccccc2)cn1. The Kier molecular flexibility index (Phi) is 3.62. The maximum atomic E-state index is 5.47. The lowest BCUT2D eigenvalue weighted by molar-refractivity contribution is 0.292.